The van der Waals surface area contributed by atoms with Crippen LogP contribution in [-0.2, 0) is 16.0 Å². The highest BCUT2D eigenvalue weighted by atomic mass is 16.5. The molecule has 0 saturated heterocycles. The van der Waals surface area contributed by atoms with Gasteiger partial charge in [0, 0.05) is 23.0 Å². The molecule has 1 N–H and O–H groups in total. The van der Waals surface area contributed by atoms with Crippen LogP contribution in [0.2, 0.25) is 0 Å². The Hall–Kier alpha value is -3.31. The quantitative estimate of drug-likeness (QED) is 0.489. The number of esters is 1. The van der Waals surface area contributed by atoms with Crippen LogP contribution in [0.3, 0.4) is 0 Å². The molecule has 0 amide bonds. The lowest BCUT2D eigenvalue weighted by Gasteiger charge is -2.44. The van der Waals surface area contributed by atoms with Crippen molar-refractivity contribution in [2.24, 2.45) is 0 Å². The topological polar surface area (TPSA) is 54.6 Å². The number of carbonyl (C=O) groups is 1. The van der Waals surface area contributed by atoms with E-state index in [1.807, 2.05) is 31.2 Å². The molecule has 0 aliphatic carbocycles. The molecular weight excluding hydrogens is 376 g/mol. The van der Waals surface area contributed by atoms with Crippen molar-refractivity contribution in [1.29, 1.82) is 0 Å². The number of carbonyl (C=O) groups excluding carboxylic acids is 1. The Balaban J connectivity index is 1.57. The van der Waals surface area contributed by atoms with Crippen molar-refractivity contribution < 1.29 is 14.3 Å². The summed E-state index contributed by atoms with van der Waals surface area (Å²) in [6.45, 7) is 2.93. The average Bonchev–Trinajstić information content (AvgIpc) is 3.17. The fraction of sp³-hybridized carbons (Fsp3) is 0.240. The third-order valence-electron chi connectivity index (χ3n) is 6.30. The molecule has 2 aliphatic heterocycles. The van der Waals surface area contributed by atoms with Crippen molar-refractivity contribution >= 4 is 27.6 Å². The predicted molar refractivity (Wildman–Crippen MR) is 115 cm³/mol. The van der Waals surface area contributed by atoms with Crippen LogP contribution in [-0.4, -0.2) is 29.0 Å². The summed E-state index contributed by atoms with van der Waals surface area (Å²) in [5.41, 5.74) is 4.32. The van der Waals surface area contributed by atoms with Crippen molar-refractivity contribution in [2.75, 3.05) is 13.2 Å². The average molecular weight is 398 g/mol. The van der Waals surface area contributed by atoms with Gasteiger partial charge in [0.1, 0.15) is 11.8 Å². The molecule has 0 fully saturated rings. The molecule has 0 radical (unpaired) electrons. The van der Waals surface area contributed by atoms with Gasteiger partial charge in [-0.3, -0.25) is 0 Å². The molecule has 3 aromatic carbocycles. The highest BCUT2D eigenvalue weighted by Gasteiger charge is 2.45. The maximum absolute atomic E-state index is 13.2. The lowest BCUT2D eigenvalue weighted by Crippen LogP contribution is -2.47. The molecule has 30 heavy (non-hydrogen) atoms. The second kappa shape index (κ2) is 6.61. The minimum atomic E-state index is -0.496. The molecule has 0 unspecified atom stereocenters. The molecule has 150 valence electrons. The van der Waals surface area contributed by atoms with Crippen LogP contribution in [0.15, 0.2) is 60.7 Å². The van der Waals surface area contributed by atoms with Crippen LogP contribution < -0.4 is 4.74 Å². The van der Waals surface area contributed by atoms with Crippen molar-refractivity contribution in [3.8, 4) is 5.75 Å². The summed E-state index contributed by atoms with van der Waals surface area (Å²) in [6.07, 6.45) is 0.513. The maximum Gasteiger partial charge on any atom is 0.328 e. The summed E-state index contributed by atoms with van der Waals surface area (Å²) in [5, 5.41) is 3.36. The summed E-state index contributed by atoms with van der Waals surface area (Å²) in [6, 6.07) is 20.0. The van der Waals surface area contributed by atoms with E-state index in [4.69, 9.17) is 9.47 Å². The lowest BCUT2D eigenvalue weighted by atomic mass is 9.91. The number of rotatable bonds is 2. The van der Waals surface area contributed by atoms with Gasteiger partial charge in [0.2, 0.25) is 0 Å². The number of aromatic nitrogens is 1. The largest absolute Gasteiger partial charge is 0.469 e. The molecule has 2 atom stereocenters. The smallest absolute Gasteiger partial charge is 0.328 e. The molecular formula is C25H22N2O3. The van der Waals surface area contributed by atoms with Crippen LogP contribution in [0.4, 0.5) is 0 Å². The van der Waals surface area contributed by atoms with Crippen molar-refractivity contribution in [3.05, 3.63) is 77.5 Å². The van der Waals surface area contributed by atoms with Gasteiger partial charge in [0.15, 0.2) is 6.23 Å². The van der Waals surface area contributed by atoms with Gasteiger partial charge in [-0.1, -0.05) is 48.5 Å². The zero-order chi connectivity index (χ0) is 20.2. The second-order valence-corrected chi connectivity index (χ2v) is 7.87. The highest BCUT2D eigenvalue weighted by molar-refractivity contribution is 5.94. The Bertz CT molecular complexity index is 1290. The molecule has 0 spiro atoms. The zero-order valence-electron chi connectivity index (χ0n) is 16.7. The van der Waals surface area contributed by atoms with Crippen LogP contribution in [0.25, 0.3) is 21.7 Å². The molecule has 2 aliphatic rings. The SMILES string of the molecule is CCOC(=O)[C@H]1c2c(ccc3ccccc23)O[C@@H]2c3[nH]c4ccccc4c3CCN21. The van der Waals surface area contributed by atoms with Gasteiger partial charge in [-0.2, -0.15) is 0 Å². The van der Waals surface area contributed by atoms with Gasteiger partial charge in [-0.05, 0) is 41.8 Å². The van der Waals surface area contributed by atoms with E-state index in [2.05, 4.69) is 46.3 Å². The lowest BCUT2D eigenvalue weighted by molar-refractivity contribution is -0.157. The van der Waals surface area contributed by atoms with Gasteiger partial charge in [-0.25, -0.2) is 9.69 Å². The van der Waals surface area contributed by atoms with E-state index in [1.54, 1.807) is 0 Å². The summed E-state index contributed by atoms with van der Waals surface area (Å²) >= 11 is 0. The summed E-state index contributed by atoms with van der Waals surface area (Å²) < 4.78 is 12.1. The number of hydrogen-bond donors (Lipinski definition) is 1. The Morgan fingerprint density at radius 2 is 1.90 bits per heavy atom. The second-order valence-electron chi connectivity index (χ2n) is 7.87. The summed E-state index contributed by atoms with van der Waals surface area (Å²) in [5.74, 6) is 0.530. The highest BCUT2D eigenvalue weighted by Crippen LogP contribution is 2.48. The van der Waals surface area contributed by atoms with Crippen LogP contribution >= 0.6 is 0 Å². The van der Waals surface area contributed by atoms with Gasteiger partial charge in [-0.15, -0.1) is 0 Å². The normalized spacial score (nSPS) is 20.3. The van der Waals surface area contributed by atoms with Crippen LogP contribution in [0.5, 0.6) is 5.75 Å². The van der Waals surface area contributed by atoms with Gasteiger partial charge in [0.25, 0.3) is 0 Å². The number of H-pyrrole nitrogens is 1. The summed E-state index contributed by atoms with van der Waals surface area (Å²) in [7, 11) is 0. The fourth-order valence-corrected chi connectivity index (χ4v) is 5.04. The molecule has 1 aromatic heterocycles. The number of aromatic amines is 1. The first kappa shape index (κ1) is 17.5. The molecule has 6 rings (SSSR count). The number of para-hydroxylation sites is 1. The van der Waals surface area contributed by atoms with Gasteiger partial charge in [0.05, 0.1) is 12.3 Å². The first-order chi connectivity index (χ1) is 14.8. The number of hydrogen-bond acceptors (Lipinski definition) is 4. The Labute approximate surface area is 174 Å². The third-order valence-corrected chi connectivity index (χ3v) is 6.30. The number of nitrogens with zero attached hydrogens (tertiary/aromatic N) is 1. The van der Waals surface area contributed by atoms with Crippen molar-refractivity contribution in [3.63, 3.8) is 0 Å². The molecule has 0 bridgehead atoms. The molecule has 4 aromatic rings. The molecule has 5 heteroatoms. The standard InChI is InChI=1S/C25H22N2O3/c1-2-29-25(28)23-21-16-8-4-3-7-15(16)11-12-20(21)30-24-22-18(13-14-27(23)24)17-9-5-6-10-19(17)26-22/h3-12,23-24,26H,2,13-14H2,1H3/t23-,24-/m1/s1. The molecule has 5 nitrogen and oxygen atoms in total. The fourth-order valence-electron chi connectivity index (χ4n) is 5.04. The van der Waals surface area contributed by atoms with Crippen LogP contribution in [0.1, 0.15) is 36.0 Å². The first-order valence-corrected chi connectivity index (χ1v) is 10.5. The Kier molecular flexibility index (Phi) is 3.86. The molecule has 0 saturated carbocycles. The maximum atomic E-state index is 13.2. The van der Waals surface area contributed by atoms with Crippen LogP contribution in [0, 0.1) is 0 Å². The number of ether oxygens (including phenoxy) is 2. The van der Waals surface area contributed by atoms with E-state index in [9.17, 15) is 4.79 Å². The van der Waals surface area contributed by atoms with Crippen molar-refractivity contribution in [2.45, 2.75) is 25.6 Å². The first-order valence-electron chi connectivity index (χ1n) is 10.5. The number of fused-ring (bicyclic) bond motifs is 8. The van der Waals surface area contributed by atoms with Gasteiger partial charge < -0.3 is 14.5 Å². The third kappa shape index (κ3) is 2.42. The summed E-state index contributed by atoms with van der Waals surface area (Å²) in [4.78, 5) is 18.9. The van der Waals surface area contributed by atoms with E-state index in [1.165, 1.54) is 10.9 Å². The van der Waals surface area contributed by atoms with Gasteiger partial charge >= 0.3 is 5.97 Å². The monoisotopic (exact) mass is 398 g/mol. The van der Waals surface area contributed by atoms with E-state index >= 15 is 0 Å². The minimum Gasteiger partial charge on any atom is -0.469 e. The number of nitrogens with one attached hydrogen (secondary N) is 1. The zero-order valence-corrected chi connectivity index (χ0v) is 16.7. The molecule has 3 heterocycles. The Morgan fingerprint density at radius 3 is 2.77 bits per heavy atom. The van der Waals surface area contributed by atoms with E-state index in [-0.39, 0.29) is 12.2 Å². The predicted octanol–water partition coefficient (Wildman–Crippen LogP) is 4.87. The van der Waals surface area contributed by atoms with E-state index in [0.29, 0.717) is 6.61 Å². The van der Waals surface area contributed by atoms with E-state index < -0.39 is 6.04 Å². The van der Waals surface area contributed by atoms with Crippen molar-refractivity contribution in [1.82, 2.24) is 9.88 Å². The Morgan fingerprint density at radius 1 is 1.10 bits per heavy atom. The van der Waals surface area contributed by atoms with E-state index in [0.717, 1.165) is 46.3 Å². The number of benzene rings is 3. The minimum absolute atomic E-state index is 0.219.